The molecule has 0 atom stereocenters. The Morgan fingerprint density at radius 1 is 1.06 bits per heavy atom. The van der Waals surface area contributed by atoms with Crippen LogP contribution in [0.3, 0.4) is 0 Å². The van der Waals surface area contributed by atoms with E-state index in [0.717, 1.165) is 74.3 Å². The van der Waals surface area contributed by atoms with Gasteiger partial charge in [0.15, 0.2) is 5.69 Å². The van der Waals surface area contributed by atoms with E-state index in [1.807, 2.05) is 37.5 Å². The predicted molar refractivity (Wildman–Crippen MR) is 147 cm³/mol. The Hall–Kier alpha value is -3.27. The van der Waals surface area contributed by atoms with Crippen molar-refractivity contribution in [1.82, 2.24) is 19.7 Å². The van der Waals surface area contributed by atoms with Crippen LogP contribution in [0.1, 0.15) is 46.6 Å². The average molecular weight is 578 g/mol. The maximum Gasteiger partial charge on any atom is 0.276 e. The first-order chi connectivity index (χ1) is 17.0. The summed E-state index contributed by atoms with van der Waals surface area (Å²) < 4.78 is 2.86. The molecule has 0 saturated heterocycles. The lowest BCUT2D eigenvalue weighted by molar-refractivity contribution is 0.102. The number of hydrogen-bond donors (Lipinski definition) is 2. The van der Waals surface area contributed by atoms with Crippen LogP contribution in [0, 0.1) is 3.57 Å². The van der Waals surface area contributed by atoms with Crippen molar-refractivity contribution >= 4 is 45.8 Å². The second kappa shape index (κ2) is 9.77. The normalized spacial score (nSPS) is 12.1. The van der Waals surface area contributed by atoms with Crippen molar-refractivity contribution in [3.05, 3.63) is 80.2 Å². The summed E-state index contributed by atoms with van der Waals surface area (Å²) in [6.07, 6.45) is 5.07. The molecule has 178 valence electrons. The van der Waals surface area contributed by atoms with E-state index < -0.39 is 0 Å². The Balaban J connectivity index is 1.50. The van der Waals surface area contributed by atoms with Crippen LogP contribution < -0.4 is 10.6 Å². The fourth-order valence-corrected chi connectivity index (χ4v) is 5.18. The highest BCUT2D eigenvalue weighted by Crippen LogP contribution is 2.35. The summed E-state index contributed by atoms with van der Waals surface area (Å²) in [5.74, 6) is 0.351. The zero-order valence-corrected chi connectivity index (χ0v) is 22.2. The molecule has 0 radical (unpaired) electrons. The molecule has 2 heterocycles. The number of halogens is 1. The molecule has 0 saturated carbocycles. The Morgan fingerprint density at radius 3 is 2.51 bits per heavy atom. The molecule has 2 aromatic heterocycles. The summed E-state index contributed by atoms with van der Waals surface area (Å²) in [4.78, 5) is 22.8. The van der Waals surface area contributed by atoms with Gasteiger partial charge in [0.25, 0.3) is 5.91 Å². The monoisotopic (exact) mass is 578 g/mol. The van der Waals surface area contributed by atoms with Crippen LogP contribution >= 0.6 is 22.6 Å². The summed E-state index contributed by atoms with van der Waals surface area (Å²) >= 11 is 2.29. The number of nitrogens with one attached hydrogen (secondary N) is 2. The van der Waals surface area contributed by atoms with Gasteiger partial charge in [-0.15, -0.1) is 0 Å². The van der Waals surface area contributed by atoms with Gasteiger partial charge in [0.05, 0.1) is 17.1 Å². The molecule has 8 heteroatoms. The fraction of sp³-hybridized carbons (Fsp3) is 0.259. The third-order valence-electron chi connectivity index (χ3n) is 6.45. The summed E-state index contributed by atoms with van der Waals surface area (Å²) in [5.41, 5.74) is 8.29. The Morgan fingerprint density at radius 2 is 1.80 bits per heavy atom. The number of rotatable bonds is 6. The molecule has 1 aliphatic rings. The summed E-state index contributed by atoms with van der Waals surface area (Å²) in [5, 5.41) is 11.1. The van der Waals surface area contributed by atoms with Gasteiger partial charge in [0.1, 0.15) is 0 Å². The minimum atomic E-state index is -0.174. The number of anilines is 3. The molecular formula is C27H27IN6O. The number of nitrogens with zero attached hydrogens (tertiary/aromatic N) is 4. The molecule has 1 amide bonds. The molecule has 1 aliphatic carbocycles. The van der Waals surface area contributed by atoms with E-state index in [1.165, 1.54) is 0 Å². The Bertz CT molecular complexity index is 1410. The second-order valence-electron chi connectivity index (χ2n) is 8.58. The van der Waals surface area contributed by atoms with E-state index in [9.17, 15) is 4.79 Å². The third kappa shape index (κ3) is 4.42. The maximum atomic E-state index is 13.5. The quantitative estimate of drug-likeness (QED) is 0.287. The van der Waals surface area contributed by atoms with E-state index >= 15 is 0 Å². The van der Waals surface area contributed by atoms with Gasteiger partial charge < -0.3 is 10.6 Å². The van der Waals surface area contributed by atoms with Crippen LogP contribution in [-0.2, 0) is 32.7 Å². The number of aromatic nitrogens is 4. The number of benzene rings is 2. The van der Waals surface area contributed by atoms with Gasteiger partial charge in [-0.05, 0) is 77.1 Å². The van der Waals surface area contributed by atoms with E-state index in [2.05, 4.69) is 75.4 Å². The summed E-state index contributed by atoms with van der Waals surface area (Å²) in [6.45, 7) is 4.21. The molecule has 2 N–H and O–H groups in total. The molecule has 0 fully saturated rings. The van der Waals surface area contributed by atoms with Crippen molar-refractivity contribution in [3.8, 4) is 11.4 Å². The lowest BCUT2D eigenvalue weighted by atomic mass is 9.93. The van der Waals surface area contributed by atoms with Gasteiger partial charge in [0, 0.05) is 28.1 Å². The summed E-state index contributed by atoms with van der Waals surface area (Å²) in [6, 6.07) is 14.2. The largest absolute Gasteiger partial charge is 0.323 e. The van der Waals surface area contributed by atoms with Crippen LogP contribution in [0.2, 0.25) is 0 Å². The van der Waals surface area contributed by atoms with Crippen LogP contribution in [0.15, 0.2) is 48.7 Å². The van der Waals surface area contributed by atoms with E-state index in [4.69, 9.17) is 4.98 Å². The average Bonchev–Trinajstić information content (AvgIpc) is 3.22. The molecule has 7 nitrogen and oxygen atoms in total. The van der Waals surface area contributed by atoms with Crippen molar-refractivity contribution in [1.29, 1.82) is 0 Å². The highest BCUT2D eigenvalue weighted by atomic mass is 127. The first-order valence-electron chi connectivity index (χ1n) is 11.9. The minimum absolute atomic E-state index is 0.174. The van der Waals surface area contributed by atoms with Crippen molar-refractivity contribution in [2.24, 2.45) is 7.05 Å². The smallest absolute Gasteiger partial charge is 0.276 e. The number of amides is 1. The zero-order valence-electron chi connectivity index (χ0n) is 20.0. The SMILES string of the molecule is CCc1cccc(CC)c1NC(=O)c1nn(C)c2c1CCc1cnc(Nc3ccccc3I)nc1-2. The van der Waals surface area contributed by atoms with Crippen LogP contribution in [0.25, 0.3) is 11.4 Å². The lowest BCUT2D eigenvalue weighted by Gasteiger charge is -2.18. The van der Waals surface area contributed by atoms with Gasteiger partial charge in [-0.2, -0.15) is 5.10 Å². The van der Waals surface area contributed by atoms with E-state index in [1.54, 1.807) is 4.68 Å². The van der Waals surface area contributed by atoms with Crippen molar-refractivity contribution < 1.29 is 4.79 Å². The van der Waals surface area contributed by atoms with E-state index in [0.29, 0.717) is 11.6 Å². The molecule has 0 spiro atoms. The molecule has 0 bridgehead atoms. The van der Waals surface area contributed by atoms with Crippen LogP contribution in [0.4, 0.5) is 17.3 Å². The van der Waals surface area contributed by atoms with E-state index in [-0.39, 0.29) is 5.91 Å². The van der Waals surface area contributed by atoms with Crippen molar-refractivity contribution in [2.45, 2.75) is 39.5 Å². The number of para-hydroxylation sites is 2. The van der Waals surface area contributed by atoms with Gasteiger partial charge in [0.2, 0.25) is 5.95 Å². The van der Waals surface area contributed by atoms with Gasteiger partial charge in [-0.25, -0.2) is 9.97 Å². The number of carbonyl (C=O) groups excluding carboxylic acids is 1. The molecular weight excluding hydrogens is 551 g/mol. The first kappa shape index (κ1) is 23.5. The second-order valence-corrected chi connectivity index (χ2v) is 9.75. The molecule has 5 rings (SSSR count). The molecule has 0 unspecified atom stereocenters. The number of aryl methyl sites for hydroxylation is 4. The Labute approximate surface area is 218 Å². The summed E-state index contributed by atoms with van der Waals surface area (Å²) in [7, 11) is 1.87. The highest BCUT2D eigenvalue weighted by molar-refractivity contribution is 14.1. The highest BCUT2D eigenvalue weighted by Gasteiger charge is 2.29. The Kier molecular flexibility index (Phi) is 6.55. The fourth-order valence-electron chi connectivity index (χ4n) is 4.66. The zero-order chi connectivity index (χ0) is 24.5. The third-order valence-corrected chi connectivity index (χ3v) is 7.39. The van der Waals surface area contributed by atoms with Gasteiger partial charge in [-0.3, -0.25) is 9.48 Å². The number of carbonyl (C=O) groups is 1. The predicted octanol–water partition coefficient (Wildman–Crippen LogP) is 5.70. The first-order valence-corrected chi connectivity index (χ1v) is 12.9. The maximum absolute atomic E-state index is 13.5. The van der Waals surface area contributed by atoms with Gasteiger partial charge >= 0.3 is 0 Å². The lowest BCUT2D eigenvalue weighted by Crippen LogP contribution is -2.18. The minimum Gasteiger partial charge on any atom is -0.323 e. The topological polar surface area (TPSA) is 84.7 Å². The van der Waals surface area contributed by atoms with Crippen LogP contribution in [0.5, 0.6) is 0 Å². The van der Waals surface area contributed by atoms with Crippen LogP contribution in [-0.4, -0.2) is 25.7 Å². The van der Waals surface area contributed by atoms with Crippen molar-refractivity contribution in [2.75, 3.05) is 10.6 Å². The molecule has 4 aromatic rings. The van der Waals surface area contributed by atoms with Crippen molar-refractivity contribution in [3.63, 3.8) is 0 Å². The standard InChI is InChI=1S/C27H27IN6O/c1-4-16-9-8-10-17(5-2)22(16)31-26(35)24-19-14-13-18-15-29-27(30-21-12-7-6-11-20(21)28)32-23(18)25(19)34(3)33-24/h6-12,15H,4-5,13-14H2,1-3H3,(H,31,35)(H,29,30,32). The number of hydrogen-bond acceptors (Lipinski definition) is 5. The molecule has 0 aliphatic heterocycles. The molecule has 2 aromatic carbocycles. The number of fused-ring (bicyclic) bond motifs is 3. The van der Waals surface area contributed by atoms with Gasteiger partial charge in [-0.1, -0.05) is 44.2 Å². The molecule has 35 heavy (non-hydrogen) atoms.